The van der Waals surface area contributed by atoms with Crippen LogP contribution < -0.4 is 14.8 Å². The maximum Gasteiger partial charge on any atom is 0.264 e. The van der Waals surface area contributed by atoms with Gasteiger partial charge in [-0.1, -0.05) is 38.3 Å². The van der Waals surface area contributed by atoms with Crippen molar-refractivity contribution in [3.63, 3.8) is 0 Å². The van der Waals surface area contributed by atoms with Crippen LogP contribution in [0.25, 0.3) is 0 Å². The largest absolute Gasteiger partial charge is 0.496 e. The Bertz CT molecular complexity index is 952. The molecule has 2 amide bonds. The third-order valence-corrected chi connectivity index (χ3v) is 6.22. The zero-order valence-electron chi connectivity index (χ0n) is 18.2. The standard InChI is InChI=1S/C25H30N2O4/c1-3-21-25(29)27(19-9-5-4-6-10-19)16-17-15-18(13-14-22(17)31-21)26-24(28)20-11-7-8-12-23(20)30-2/h7-8,11-15,19,21H,3-6,9-10,16H2,1-2H3,(H,26,28). The number of hydrogen-bond donors (Lipinski definition) is 1. The molecular formula is C25H30N2O4. The number of ether oxygens (including phenoxy) is 2. The molecule has 1 atom stereocenters. The van der Waals surface area contributed by atoms with E-state index in [9.17, 15) is 9.59 Å². The van der Waals surface area contributed by atoms with Gasteiger partial charge in [0, 0.05) is 23.8 Å². The van der Waals surface area contributed by atoms with Crippen molar-refractivity contribution in [1.29, 1.82) is 0 Å². The number of carbonyl (C=O) groups is 2. The molecule has 1 saturated carbocycles. The molecule has 6 nitrogen and oxygen atoms in total. The van der Waals surface area contributed by atoms with E-state index < -0.39 is 6.10 Å². The van der Waals surface area contributed by atoms with Crippen molar-refractivity contribution in [3.05, 3.63) is 53.6 Å². The van der Waals surface area contributed by atoms with Crippen molar-refractivity contribution in [2.75, 3.05) is 12.4 Å². The highest BCUT2D eigenvalue weighted by Crippen LogP contribution is 2.33. The van der Waals surface area contributed by atoms with Gasteiger partial charge in [-0.15, -0.1) is 0 Å². The fourth-order valence-corrected chi connectivity index (χ4v) is 4.54. The second kappa shape index (κ2) is 9.41. The number of nitrogens with zero attached hydrogens (tertiary/aromatic N) is 1. The van der Waals surface area contributed by atoms with Gasteiger partial charge < -0.3 is 19.7 Å². The summed E-state index contributed by atoms with van der Waals surface area (Å²) in [6, 6.07) is 13.0. The maximum absolute atomic E-state index is 13.2. The first-order valence-corrected chi connectivity index (χ1v) is 11.1. The van der Waals surface area contributed by atoms with Gasteiger partial charge in [0.1, 0.15) is 11.5 Å². The van der Waals surface area contributed by atoms with Crippen LogP contribution in [0.4, 0.5) is 5.69 Å². The van der Waals surface area contributed by atoms with Crippen molar-refractivity contribution >= 4 is 17.5 Å². The van der Waals surface area contributed by atoms with E-state index >= 15 is 0 Å². The molecule has 2 aliphatic rings. The van der Waals surface area contributed by atoms with Crippen LogP contribution in [0, 0.1) is 0 Å². The molecule has 1 aliphatic heterocycles. The number of carbonyl (C=O) groups excluding carboxylic acids is 2. The SMILES string of the molecule is CCC1Oc2ccc(NC(=O)c3ccccc3OC)cc2CN(C2CCCCC2)C1=O. The van der Waals surface area contributed by atoms with Crippen molar-refractivity contribution in [3.8, 4) is 11.5 Å². The molecule has 1 aliphatic carbocycles. The predicted octanol–water partition coefficient (Wildman–Crippen LogP) is 4.78. The fraction of sp³-hybridized carbons (Fsp3) is 0.440. The van der Waals surface area contributed by atoms with Crippen LogP contribution in [0.1, 0.15) is 61.4 Å². The zero-order valence-corrected chi connectivity index (χ0v) is 18.2. The number of anilines is 1. The van der Waals surface area contributed by atoms with Crippen molar-refractivity contribution in [2.24, 2.45) is 0 Å². The number of amides is 2. The molecule has 4 rings (SSSR count). The van der Waals surface area contributed by atoms with Crippen LogP contribution >= 0.6 is 0 Å². The van der Waals surface area contributed by atoms with Crippen molar-refractivity contribution < 1.29 is 19.1 Å². The minimum atomic E-state index is -0.461. The summed E-state index contributed by atoms with van der Waals surface area (Å²) in [6.45, 7) is 2.49. The van der Waals surface area contributed by atoms with Gasteiger partial charge in [0.25, 0.3) is 11.8 Å². The third kappa shape index (κ3) is 4.53. The maximum atomic E-state index is 13.2. The van der Waals surface area contributed by atoms with E-state index in [0.29, 0.717) is 35.7 Å². The van der Waals surface area contributed by atoms with E-state index in [1.54, 1.807) is 25.3 Å². The topological polar surface area (TPSA) is 67.9 Å². The molecule has 1 unspecified atom stereocenters. The van der Waals surface area contributed by atoms with Crippen LogP contribution in [-0.2, 0) is 11.3 Å². The number of rotatable bonds is 5. The number of benzene rings is 2. The molecule has 2 aromatic rings. The van der Waals surface area contributed by atoms with Gasteiger partial charge in [0.05, 0.1) is 12.7 Å². The zero-order chi connectivity index (χ0) is 21.8. The number of fused-ring (bicyclic) bond motifs is 1. The van der Waals surface area contributed by atoms with Crippen LogP contribution in [-0.4, -0.2) is 36.0 Å². The average Bonchev–Trinajstić information content (AvgIpc) is 2.95. The fourth-order valence-electron chi connectivity index (χ4n) is 4.54. The van der Waals surface area contributed by atoms with Crippen LogP contribution in [0.2, 0.25) is 0 Å². The summed E-state index contributed by atoms with van der Waals surface area (Å²) in [5, 5.41) is 2.96. The van der Waals surface area contributed by atoms with Gasteiger partial charge in [0.2, 0.25) is 0 Å². The normalized spacial score (nSPS) is 19.2. The Balaban J connectivity index is 1.59. The summed E-state index contributed by atoms with van der Waals surface area (Å²) in [6.07, 6.45) is 5.82. The number of nitrogens with one attached hydrogen (secondary N) is 1. The van der Waals surface area contributed by atoms with E-state index in [0.717, 1.165) is 31.2 Å². The van der Waals surface area contributed by atoms with Gasteiger partial charge in [-0.25, -0.2) is 0 Å². The molecule has 1 fully saturated rings. The van der Waals surface area contributed by atoms with Gasteiger partial charge in [0.15, 0.2) is 6.10 Å². The summed E-state index contributed by atoms with van der Waals surface area (Å²) >= 11 is 0. The van der Waals surface area contributed by atoms with Gasteiger partial charge in [-0.2, -0.15) is 0 Å². The highest BCUT2D eigenvalue weighted by Gasteiger charge is 2.34. The van der Waals surface area contributed by atoms with Gasteiger partial charge in [-0.05, 0) is 49.6 Å². The lowest BCUT2D eigenvalue weighted by Gasteiger charge is -2.34. The second-order valence-corrected chi connectivity index (χ2v) is 8.25. The first-order valence-electron chi connectivity index (χ1n) is 11.1. The third-order valence-electron chi connectivity index (χ3n) is 6.22. The van der Waals surface area contributed by atoms with E-state index in [2.05, 4.69) is 5.32 Å². The van der Waals surface area contributed by atoms with Crippen molar-refractivity contribution in [1.82, 2.24) is 4.90 Å². The lowest BCUT2D eigenvalue weighted by atomic mass is 9.93. The molecule has 31 heavy (non-hydrogen) atoms. The molecular weight excluding hydrogens is 392 g/mol. The summed E-state index contributed by atoms with van der Waals surface area (Å²) in [7, 11) is 1.55. The lowest BCUT2D eigenvalue weighted by Crippen LogP contribution is -2.45. The quantitative estimate of drug-likeness (QED) is 0.753. The molecule has 1 heterocycles. The lowest BCUT2D eigenvalue weighted by molar-refractivity contribution is -0.141. The highest BCUT2D eigenvalue weighted by atomic mass is 16.5. The Hall–Kier alpha value is -3.02. The molecule has 2 aromatic carbocycles. The van der Waals surface area contributed by atoms with E-state index in [1.807, 2.05) is 36.1 Å². The van der Waals surface area contributed by atoms with E-state index in [1.165, 1.54) is 6.42 Å². The Morgan fingerprint density at radius 1 is 1.16 bits per heavy atom. The Labute approximate surface area is 183 Å². The summed E-state index contributed by atoms with van der Waals surface area (Å²) in [5.41, 5.74) is 2.07. The first-order chi connectivity index (χ1) is 15.1. The Kier molecular flexibility index (Phi) is 6.44. The smallest absolute Gasteiger partial charge is 0.264 e. The summed E-state index contributed by atoms with van der Waals surface area (Å²) < 4.78 is 11.4. The molecule has 0 radical (unpaired) electrons. The number of methoxy groups -OCH3 is 1. The minimum absolute atomic E-state index is 0.0743. The highest BCUT2D eigenvalue weighted by molar-refractivity contribution is 6.06. The van der Waals surface area contributed by atoms with E-state index in [4.69, 9.17) is 9.47 Å². The first kappa shape index (κ1) is 21.2. The molecule has 0 spiro atoms. The van der Waals surface area contributed by atoms with Crippen LogP contribution in [0.3, 0.4) is 0 Å². The van der Waals surface area contributed by atoms with Crippen LogP contribution in [0.5, 0.6) is 11.5 Å². The van der Waals surface area contributed by atoms with Gasteiger partial charge in [-0.3, -0.25) is 9.59 Å². The monoisotopic (exact) mass is 422 g/mol. The summed E-state index contributed by atoms with van der Waals surface area (Å²) in [5.74, 6) is 1.08. The predicted molar refractivity (Wildman–Crippen MR) is 120 cm³/mol. The number of hydrogen-bond acceptors (Lipinski definition) is 4. The van der Waals surface area contributed by atoms with Crippen molar-refractivity contribution in [2.45, 2.75) is 64.1 Å². The molecule has 0 aromatic heterocycles. The number of para-hydroxylation sites is 1. The minimum Gasteiger partial charge on any atom is -0.496 e. The molecule has 0 saturated heterocycles. The Morgan fingerprint density at radius 3 is 2.68 bits per heavy atom. The molecule has 1 N–H and O–H groups in total. The molecule has 6 heteroatoms. The second-order valence-electron chi connectivity index (χ2n) is 8.25. The Morgan fingerprint density at radius 2 is 1.94 bits per heavy atom. The van der Waals surface area contributed by atoms with E-state index in [-0.39, 0.29) is 17.9 Å². The van der Waals surface area contributed by atoms with Gasteiger partial charge >= 0.3 is 0 Å². The molecule has 164 valence electrons. The average molecular weight is 423 g/mol. The molecule has 0 bridgehead atoms. The summed E-state index contributed by atoms with van der Waals surface area (Å²) in [4.78, 5) is 28.0. The van der Waals surface area contributed by atoms with Crippen LogP contribution in [0.15, 0.2) is 42.5 Å².